The minimum absolute atomic E-state index is 0.103. The second kappa shape index (κ2) is 6.74. The molecule has 4 rings (SSSR count). The van der Waals surface area contributed by atoms with E-state index in [0.29, 0.717) is 35.2 Å². The van der Waals surface area contributed by atoms with E-state index in [4.69, 9.17) is 15.5 Å². The molecule has 0 aromatic heterocycles. The van der Waals surface area contributed by atoms with Gasteiger partial charge in [0.05, 0.1) is 13.2 Å². The number of nitrogens with one attached hydrogen (secondary N) is 1. The summed E-state index contributed by atoms with van der Waals surface area (Å²) in [5, 5.41) is 3.38. The zero-order chi connectivity index (χ0) is 18.1. The first-order valence-electron chi connectivity index (χ1n) is 8.30. The summed E-state index contributed by atoms with van der Waals surface area (Å²) in [6.45, 7) is 0.888. The molecule has 0 aliphatic carbocycles. The molecule has 134 valence electrons. The third kappa shape index (κ3) is 3.08. The molecule has 1 saturated heterocycles. The van der Waals surface area contributed by atoms with Crippen molar-refractivity contribution in [3.05, 3.63) is 65.5 Å². The topological polar surface area (TPSA) is 76.7 Å². The molecule has 3 N–H and O–H groups in total. The van der Waals surface area contributed by atoms with Crippen LogP contribution in [0.1, 0.15) is 15.9 Å². The average Bonchev–Trinajstić information content (AvgIpc) is 3.06. The monoisotopic (exact) mass is 371 g/mol. The van der Waals surface area contributed by atoms with Gasteiger partial charge < -0.3 is 15.8 Å². The average molecular weight is 371 g/mol. The fourth-order valence-electron chi connectivity index (χ4n) is 3.38. The van der Waals surface area contributed by atoms with E-state index in [-0.39, 0.29) is 11.8 Å². The van der Waals surface area contributed by atoms with Crippen molar-refractivity contribution in [1.29, 1.82) is 0 Å². The molecule has 0 radical (unpaired) electrons. The highest BCUT2D eigenvalue weighted by Gasteiger charge is 2.48. The van der Waals surface area contributed by atoms with Gasteiger partial charge in [-0.05, 0) is 35.9 Å². The fourth-order valence-corrected chi connectivity index (χ4v) is 4.51. The molecule has 2 heterocycles. The number of nitrogens with two attached hydrogens (primary N) is 1. The first-order valence-corrected chi connectivity index (χ1v) is 9.29. The summed E-state index contributed by atoms with van der Waals surface area (Å²) in [5.74, 6) is 0.210. The van der Waals surface area contributed by atoms with Crippen LogP contribution >= 0.6 is 11.8 Å². The Bertz CT molecular complexity index is 854. The predicted molar refractivity (Wildman–Crippen MR) is 101 cm³/mol. The van der Waals surface area contributed by atoms with Gasteiger partial charge in [-0.25, -0.2) is 9.38 Å². The number of thioether (sulfide) groups is 1. The van der Waals surface area contributed by atoms with Crippen molar-refractivity contribution < 1.29 is 13.9 Å². The van der Waals surface area contributed by atoms with Crippen LogP contribution in [0.25, 0.3) is 0 Å². The zero-order valence-electron chi connectivity index (χ0n) is 13.9. The van der Waals surface area contributed by atoms with E-state index in [1.807, 2.05) is 18.2 Å². The van der Waals surface area contributed by atoms with Crippen LogP contribution in [0.15, 0.2) is 53.5 Å². The molecule has 2 aromatic carbocycles. The number of rotatable bonds is 2. The van der Waals surface area contributed by atoms with Gasteiger partial charge in [0.25, 0.3) is 5.91 Å². The first-order chi connectivity index (χ1) is 12.6. The van der Waals surface area contributed by atoms with Crippen molar-refractivity contribution in [2.24, 2.45) is 10.9 Å². The Morgan fingerprint density at radius 3 is 2.88 bits per heavy atom. The first kappa shape index (κ1) is 17.1. The largest absolute Gasteiger partial charge is 0.399 e. The van der Waals surface area contributed by atoms with Crippen LogP contribution in [0.2, 0.25) is 0 Å². The van der Waals surface area contributed by atoms with Crippen molar-refractivity contribution >= 4 is 28.5 Å². The number of nitrogen functional groups attached to an aromatic ring is 1. The number of benzene rings is 2. The van der Waals surface area contributed by atoms with E-state index in [2.05, 4.69) is 5.32 Å². The fraction of sp³-hybridized carbons (Fsp3) is 0.263. The molecule has 2 aliphatic heterocycles. The summed E-state index contributed by atoms with van der Waals surface area (Å²) < 4.78 is 19.6. The number of carbonyl (C=O) groups excluding carboxylic acids is 1. The summed E-state index contributed by atoms with van der Waals surface area (Å²) in [5.41, 5.74) is 6.71. The number of fused-ring (bicyclic) bond motifs is 1. The van der Waals surface area contributed by atoms with Gasteiger partial charge in [0.15, 0.2) is 5.17 Å². The molecule has 2 aliphatic rings. The summed E-state index contributed by atoms with van der Waals surface area (Å²) in [6, 6.07) is 13.4. The van der Waals surface area contributed by atoms with Gasteiger partial charge in [-0.1, -0.05) is 30.0 Å². The molecule has 7 heteroatoms. The Labute approximate surface area is 154 Å². The number of aliphatic imine (C=N–C) groups is 1. The van der Waals surface area contributed by atoms with Crippen LogP contribution in [0.3, 0.4) is 0 Å². The molecule has 1 fully saturated rings. The van der Waals surface area contributed by atoms with E-state index in [0.717, 1.165) is 5.75 Å². The maximum Gasteiger partial charge on any atom is 0.257 e. The normalized spacial score (nSPS) is 24.7. The van der Waals surface area contributed by atoms with Crippen LogP contribution in [0.4, 0.5) is 10.1 Å². The summed E-state index contributed by atoms with van der Waals surface area (Å²) >= 11 is 1.48. The minimum atomic E-state index is -0.721. The third-order valence-corrected chi connectivity index (χ3v) is 5.75. The molecule has 0 spiro atoms. The lowest BCUT2D eigenvalue weighted by Crippen LogP contribution is -2.42. The molecule has 2 atom stereocenters. The number of anilines is 1. The van der Waals surface area contributed by atoms with Crippen molar-refractivity contribution in [3.8, 4) is 0 Å². The third-order valence-electron chi connectivity index (χ3n) is 4.72. The highest BCUT2D eigenvalue weighted by Crippen LogP contribution is 2.45. The van der Waals surface area contributed by atoms with Crippen LogP contribution in [0.5, 0.6) is 0 Å². The van der Waals surface area contributed by atoms with Crippen molar-refractivity contribution in [2.45, 2.75) is 5.54 Å². The number of nitrogens with zero attached hydrogens (tertiary/aromatic N) is 1. The van der Waals surface area contributed by atoms with Crippen LogP contribution in [-0.2, 0) is 10.3 Å². The maximum absolute atomic E-state index is 13.9. The van der Waals surface area contributed by atoms with Gasteiger partial charge in [0.2, 0.25) is 0 Å². The second-order valence-electron chi connectivity index (χ2n) is 6.46. The Hall–Kier alpha value is -2.38. The van der Waals surface area contributed by atoms with Crippen molar-refractivity contribution in [2.75, 3.05) is 24.7 Å². The maximum atomic E-state index is 13.9. The standard InChI is InChI=1S/C19H18FN3O2S/c20-15-6-13(7-16(21)8-15)19-11-25-9-14(19)10-26-18(23-19)22-17(24)12-4-2-1-3-5-12/h1-8,14H,9-11,21H2,(H,22,23,24)/t14-,19+/m0/s1. The number of halogens is 1. The lowest BCUT2D eigenvalue weighted by Gasteiger charge is -2.35. The quantitative estimate of drug-likeness (QED) is 0.796. The summed E-state index contributed by atoms with van der Waals surface area (Å²) in [4.78, 5) is 17.2. The number of carbonyl (C=O) groups is 1. The number of hydrogen-bond acceptors (Lipinski definition) is 5. The minimum Gasteiger partial charge on any atom is -0.399 e. The molecule has 0 bridgehead atoms. The Morgan fingerprint density at radius 2 is 2.12 bits per heavy atom. The number of amides is 1. The molecule has 26 heavy (non-hydrogen) atoms. The smallest absolute Gasteiger partial charge is 0.257 e. The van der Waals surface area contributed by atoms with Crippen LogP contribution in [0, 0.1) is 11.7 Å². The molecular formula is C19H18FN3O2S. The van der Waals surface area contributed by atoms with Gasteiger partial charge in [-0.15, -0.1) is 0 Å². The second-order valence-corrected chi connectivity index (χ2v) is 7.47. The van der Waals surface area contributed by atoms with Crippen molar-refractivity contribution in [3.63, 3.8) is 0 Å². The van der Waals surface area contributed by atoms with Crippen LogP contribution < -0.4 is 11.1 Å². The Morgan fingerprint density at radius 1 is 1.31 bits per heavy atom. The number of hydrogen-bond donors (Lipinski definition) is 2. The molecule has 2 aromatic rings. The van der Waals surface area contributed by atoms with E-state index in [9.17, 15) is 9.18 Å². The van der Waals surface area contributed by atoms with E-state index in [1.165, 1.54) is 23.9 Å². The van der Waals surface area contributed by atoms with E-state index in [1.54, 1.807) is 18.2 Å². The van der Waals surface area contributed by atoms with E-state index < -0.39 is 11.4 Å². The molecule has 0 saturated carbocycles. The number of amidine groups is 1. The van der Waals surface area contributed by atoms with Gasteiger partial charge >= 0.3 is 0 Å². The Kier molecular flexibility index (Phi) is 4.42. The summed E-state index contributed by atoms with van der Waals surface area (Å²) in [7, 11) is 0. The molecule has 0 unspecified atom stereocenters. The highest BCUT2D eigenvalue weighted by atomic mass is 32.2. The molecule has 5 nitrogen and oxygen atoms in total. The van der Waals surface area contributed by atoms with Crippen LogP contribution in [-0.4, -0.2) is 30.0 Å². The number of ether oxygens (including phenoxy) is 1. The SMILES string of the molecule is Nc1cc(F)cc([C@]23COC[C@H]2CSC(NC(=O)c2ccccc2)=N3)c1. The predicted octanol–water partition coefficient (Wildman–Crippen LogP) is 2.78. The zero-order valence-corrected chi connectivity index (χ0v) is 14.8. The summed E-state index contributed by atoms with van der Waals surface area (Å²) in [6.07, 6.45) is 0. The van der Waals surface area contributed by atoms with Crippen molar-refractivity contribution in [1.82, 2.24) is 5.32 Å². The molecule has 1 amide bonds. The van der Waals surface area contributed by atoms with Gasteiger partial charge in [0.1, 0.15) is 11.4 Å². The Balaban J connectivity index is 1.68. The molecular weight excluding hydrogens is 353 g/mol. The lowest BCUT2D eigenvalue weighted by atomic mass is 9.81. The van der Waals surface area contributed by atoms with E-state index >= 15 is 0 Å². The van der Waals surface area contributed by atoms with Gasteiger partial charge in [-0.3, -0.25) is 4.79 Å². The highest BCUT2D eigenvalue weighted by molar-refractivity contribution is 8.13. The van der Waals surface area contributed by atoms with Gasteiger partial charge in [0, 0.05) is 22.9 Å². The van der Waals surface area contributed by atoms with Gasteiger partial charge in [-0.2, -0.15) is 0 Å². The lowest BCUT2D eigenvalue weighted by molar-refractivity contribution is 0.0977.